The molecule has 0 N–H and O–H groups in total. The molecule has 0 saturated heterocycles. The van der Waals surface area contributed by atoms with Gasteiger partial charge in [0.2, 0.25) is 0 Å². The van der Waals surface area contributed by atoms with Gasteiger partial charge < -0.3 is 17.6 Å². The van der Waals surface area contributed by atoms with Gasteiger partial charge in [0.1, 0.15) is 5.02 Å². The Morgan fingerprint density at radius 1 is 0.653 bits per heavy atom. The van der Waals surface area contributed by atoms with Crippen molar-refractivity contribution >= 4 is 47.2 Å². The molecule has 0 radical (unpaired) electrons. The van der Waals surface area contributed by atoms with Crippen molar-refractivity contribution in [3.05, 3.63) is 31.4 Å². The Hall–Kier alpha value is -0.880. The molecule has 0 bridgehead atoms. The van der Waals surface area contributed by atoms with Gasteiger partial charge in [0.25, 0.3) is 11.0 Å². The van der Waals surface area contributed by atoms with Crippen molar-refractivity contribution in [3.63, 3.8) is 0 Å². The zero-order chi connectivity index (χ0) is 35.5. The molecule has 49 heavy (non-hydrogen) atoms. The summed E-state index contributed by atoms with van der Waals surface area (Å²) >= 11 is 11.2. The number of nitrogens with zero attached hydrogens (tertiary/aromatic N) is 3. The van der Waals surface area contributed by atoms with Crippen LogP contribution in [0.5, 0.6) is 0 Å². The summed E-state index contributed by atoms with van der Waals surface area (Å²) in [5, 5.41) is 24.3. The third kappa shape index (κ3) is 20.7. The lowest BCUT2D eigenvalue weighted by molar-refractivity contribution is -0.782. The van der Waals surface area contributed by atoms with Crippen molar-refractivity contribution in [3.8, 4) is 0 Å². The lowest BCUT2D eigenvalue weighted by Gasteiger charge is -2.28. The predicted molar refractivity (Wildman–Crippen MR) is 210 cm³/mol. The predicted octanol–water partition coefficient (Wildman–Crippen LogP) is 11.1. The fourth-order valence-corrected chi connectivity index (χ4v) is 12.3. The van der Waals surface area contributed by atoms with Gasteiger partial charge in [-0.15, -0.1) is 0 Å². The minimum atomic E-state index is -0.781. The van der Waals surface area contributed by atoms with Crippen LogP contribution < -0.4 is 17.3 Å². The van der Waals surface area contributed by atoms with Crippen molar-refractivity contribution in [2.24, 2.45) is 0 Å². The van der Waals surface area contributed by atoms with E-state index >= 15 is 0 Å². The van der Waals surface area contributed by atoms with Gasteiger partial charge in [-0.05, 0) is 56.3 Å². The van der Waals surface area contributed by atoms with E-state index in [2.05, 4.69) is 37.5 Å². The average Bonchev–Trinajstić information content (AvgIpc) is 3.44. The zero-order valence-corrected chi connectivity index (χ0v) is 34.6. The quantitative estimate of drug-likeness (QED) is 0.0270. The highest BCUT2D eigenvalue weighted by Crippen LogP contribution is 2.61. The van der Waals surface area contributed by atoms with Gasteiger partial charge in [0, 0.05) is 18.5 Å². The molecule has 2 rings (SSSR count). The second-order valence-electron chi connectivity index (χ2n) is 13.9. The fraction of sp³-hybridized carbons (Fsp3) is 0.842. The molecule has 286 valence electrons. The first kappa shape index (κ1) is 48.1. The number of halogens is 3. The van der Waals surface area contributed by atoms with Crippen LogP contribution in [-0.4, -0.2) is 34.7 Å². The van der Waals surface area contributed by atoms with Gasteiger partial charge in [0.15, 0.2) is 5.02 Å². The van der Waals surface area contributed by atoms with E-state index in [1.807, 2.05) is 0 Å². The summed E-state index contributed by atoms with van der Waals surface area (Å²) in [6, 6.07) is 1.14. The topological polar surface area (TPSA) is 96.1 Å². The molecule has 0 saturated carbocycles. The standard InChI is InChI=1S/C32H68P.C6HCl2N3O4.ClH/c1-5-9-13-17-18-19-20-21-22-23-24-28-32-33(29-25-14-10-6-2,30-26-15-11-7-3)31-27-16-12-8-4;7-2-1-3-6(11(14)15-9-3)4(8)5(2)10(12)13;/h5-32H2,1-4H3;1H;1H/q+1;;/p-1. The van der Waals surface area contributed by atoms with Crippen LogP contribution in [0.4, 0.5) is 5.69 Å². The molecule has 11 heteroatoms. The van der Waals surface area contributed by atoms with Crippen LogP contribution in [0.1, 0.15) is 182 Å². The van der Waals surface area contributed by atoms with Crippen LogP contribution >= 0.6 is 30.5 Å². The zero-order valence-electron chi connectivity index (χ0n) is 31.4. The minimum Gasteiger partial charge on any atom is -1.00 e. The second-order valence-corrected chi connectivity index (χ2v) is 19.1. The fourth-order valence-electron chi connectivity index (χ4n) is 6.70. The molecular formula is C38H69Cl3N3O4P. The van der Waals surface area contributed by atoms with Crippen molar-refractivity contribution in [2.45, 2.75) is 182 Å². The molecule has 0 aliphatic heterocycles. The van der Waals surface area contributed by atoms with Gasteiger partial charge in [-0.1, -0.05) is 154 Å². The number of hydrogen-bond acceptors (Lipinski definition) is 5. The SMILES string of the molecule is CCCCCCCCCCCCCC[P+](CCCCCC)(CCCCCC)CCCCCC.O=[N+]([O-])c1c(Cl)cc2no[n+]([O-])c2c1Cl.[Cl-]. The molecule has 1 aromatic heterocycles. The highest BCUT2D eigenvalue weighted by molar-refractivity contribution is 7.75. The molecule has 0 spiro atoms. The largest absolute Gasteiger partial charge is 1.00 e. The maximum atomic E-state index is 11.0. The van der Waals surface area contributed by atoms with Crippen LogP contribution in [-0.2, 0) is 0 Å². The Balaban J connectivity index is 0.00000119. The third-order valence-electron chi connectivity index (χ3n) is 9.67. The third-order valence-corrected chi connectivity index (χ3v) is 15.4. The molecular weight excluding hydrogens is 700 g/mol. The lowest BCUT2D eigenvalue weighted by atomic mass is 10.1. The number of nitro groups is 1. The van der Waals surface area contributed by atoms with Crippen molar-refractivity contribution < 1.29 is 26.9 Å². The number of rotatable bonds is 29. The number of fused-ring (bicyclic) bond motifs is 1. The van der Waals surface area contributed by atoms with E-state index in [1.54, 1.807) is 50.3 Å². The van der Waals surface area contributed by atoms with E-state index in [9.17, 15) is 15.3 Å². The Bertz CT molecular complexity index is 1070. The first-order valence-corrected chi connectivity index (χ1v) is 22.9. The summed E-state index contributed by atoms with van der Waals surface area (Å²) in [4.78, 5) is 9.80. The molecule has 0 fully saturated rings. The molecule has 2 aromatic rings. The van der Waals surface area contributed by atoms with Crippen LogP contribution in [0.25, 0.3) is 11.0 Å². The van der Waals surface area contributed by atoms with Gasteiger partial charge in [-0.3, -0.25) is 14.7 Å². The number of unbranched alkanes of at least 4 members (excludes halogenated alkanes) is 20. The van der Waals surface area contributed by atoms with Crippen LogP contribution in [0, 0.1) is 15.3 Å². The molecule has 1 aromatic carbocycles. The van der Waals surface area contributed by atoms with E-state index in [1.165, 1.54) is 128 Å². The summed E-state index contributed by atoms with van der Waals surface area (Å²) in [5.74, 6) is 0. The van der Waals surface area contributed by atoms with Crippen molar-refractivity contribution in [1.29, 1.82) is 0 Å². The van der Waals surface area contributed by atoms with Crippen LogP contribution in [0.15, 0.2) is 10.7 Å². The number of aromatic nitrogens is 2. The number of nitro benzene ring substituents is 1. The van der Waals surface area contributed by atoms with E-state index < -0.39 is 22.9 Å². The molecule has 0 unspecified atom stereocenters. The summed E-state index contributed by atoms with van der Waals surface area (Å²) in [5.41, 5.74) is -0.697. The molecule has 7 nitrogen and oxygen atoms in total. The van der Waals surface area contributed by atoms with Crippen LogP contribution in [0.3, 0.4) is 0 Å². The Morgan fingerprint density at radius 3 is 1.33 bits per heavy atom. The highest BCUT2D eigenvalue weighted by Gasteiger charge is 2.35. The van der Waals surface area contributed by atoms with Gasteiger partial charge in [-0.2, -0.15) is 0 Å². The monoisotopic (exact) mass is 767 g/mol. The van der Waals surface area contributed by atoms with Crippen molar-refractivity contribution in [1.82, 2.24) is 5.16 Å². The molecule has 0 atom stereocenters. The Kier molecular flexibility index (Phi) is 30.2. The summed E-state index contributed by atoms with van der Waals surface area (Å²) in [6.45, 7) is 9.41. The van der Waals surface area contributed by atoms with E-state index in [0.29, 0.717) is 0 Å². The summed E-state index contributed by atoms with van der Waals surface area (Å²) in [6.07, 6.45) is 42.1. The first-order valence-electron chi connectivity index (χ1n) is 19.6. The maximum absolute atomic E-state index is 11.0. The van der Waals surface area contributed by atoms with Gasteiger partial charge in [-0.25, -0.2) is 0 Å². The molecule has 0 aliphatic carbocycles. The first-order chi connectivity index (χ1) is 23.3. The average molecular weight is 769 g/mol. The molecule has 0 aliphatic rings. The summed E-state index contributed by atoms with van der Waals surface area (Å²) < 4.78 is 4.23. The van der Waals surface area contributed by atoms with Crippen LogP contribution in [0.2, 0.25) is 10.0 Å². The second kappa shape index (κ2) is 30.7. The van der Waals surface area contributed by atoms with Gasteiger partial charge in [0.05, 0.1) is 29.6 Å². The number of benzene rings is 1. The smallest absolute Gasteiger partial charge is 0.311 e. The summed E-state index contributed by atoms with van der Waals surface area (Å²) in [7, 11) is -0.697. The maximum Gasteiger partial charge on any atom is 0.311 e. The number of hydrogen-bond donors (Lipinski definition) is 0. The normalized spacial score (nSPS) is 11.4. The van der Waals surface area contributed by atoms with Crippen molar-refractivity contribution in [2.75, 3.05) is 24.6 Å². The Labute approximate surface area is 315 Å². The molecule has 0 amide bonds. The van der Waals surface area contributed by atoms with E-state index in [0.717, 1.165) is 6.07 Å². The van der Waals surface area contributed by atoms with Gasteiger partial charge >= 0.3 is 5.69 Å². The lowest BCUT2D eigenvalue weighted by Crippen LogP contribution is -3.00. The van der Waals surface area contributed by atoms with E-state index in [4.69, 9.17) is 23.2 Å². The minimum absolute atomic E-state index is 0. The Morgan fingerprint density at radius 2 is 0.980 bits per heavy atom. The molecule has 1 heterocycles. The van der Waals surface area contributed by atoms with E-state index in [-0.39, 0.29) is 33.4 Å². The highest BCUT2D eigenvalue weighted by atomic mass is 35.5.